The fourth-order valence-corrected chi connectivity index (χ4v) is 3.25. The van der Waals surface area contributed by atoms with Crippen molar-refractivity contribution in [1.82, 2.24) is 10.2 Å². The van der Waals surface area contributed by atoms with Crippen molar-refractivity contribution in [2.45, 2.75) is 32.4 Å². The molecule has 1 aliphatic rings. The monoisotopic (exact) mass is 340 g/mol. The zero-order valence-corrected chi connectivity index (χ0v) is 14.2. The molecule has 5 heteroatoms. The number of hydrogen-bond acceptors (Lipinski definition) is 2. The van der Waals surface area contributed by atoms with Crippen LogP contribution in [0.2, 0.25) is 0 Å². The van der Waals surface area contributed by atoms with Crippen LogP contribution in [0.3, 0.4) is 0 Å². The van der Waals surface area contributed by atoms with Gasteiger partial charge >= 0.3 is 0 Å². The van der Waals surface area contributed by atoms with Crippen LogP contribution in [-0.2, 0) is 22.6 Å². The second-order valence-corrected chi connectivity index (χ2v) is 6.21. The molecule has 25 heavy (non-hydrogen) atoms. The van der Waals surface area contributed by atoms with Crippen LogP contribution in [0.5, 0.6) is 0 Å². The Hall–Kier alpha value is -2.69. The summed E-state index contributed by atoms with van der Waals surface area (Å²) in [5, 5.41) is 2.85. The van der Waals surface area contributed by atoms with Crippen LogP contribution >= 0.6 is 0 Å². The zero-order valence-electron chi connectivity index (χ0n) is 14.2. The van der Waals surface area contributed by atoms with Crippen molar-refractivity contribution < 1.29 is 14.0 Å². The molecular formula is C20H21FN2O2. The normalized spacial score (nSPS) is 16.5. The Balaban J connectivity index is 1.83. The highest BCUT2D eigenvalue weighted by molar-refractivity contribution is 5.92. The van der Waals surface area contributed by atoms with Crippen LogP contribution in [0.25, 0.3) is 0 Å². The minimum atomic E-state index is -0.633. The van der Waals surface area contributed by atoms with Crippen molar-refractivity contribution in [1.29, 1.82) is 0 Å². The summed E-state index contributed by atoms with van der Waals surface area (Å²) in [5.74, 6) is -0.609. The summed E-state index contributed by atoms with van der Waals surface area (Å²) in [5.41, 5.74) is 2.45. The predicted octanol–water partition coefficient (Wildman–Crippen LogP) is 2.98. The van der Waals surface area contributed by atoms with E-state index in [4.69, 9.17) is 0 Å². The summed E-state index contributed by atoms with van der Waals surface area (Å²) in [6.07, 6.45) is 1.10. The van der Waals surface area contributed by atoms with E-state index < -0.39 is 6.04 Å². The van der Waals surface area contributed by atoms with Gasteiger partial charge in [0.25, 0.3) is 0 Å². The Morgan fingerprint density at radius 3 is 2.80 bits per heavy atom. The molecule has 130 valence electrons. The van der Waals surface area contributed by atoms with Crippen LogP contribution < -0.4 is 5.32 Å². The van der Waals surface area contributed by atoms with E-state index in [1.165, 1.54) is 12.1 Å². The molecule has 2 aromatic rings. The van der Waals surface area contributed by atoms with Crippen molar-refractivity contribution in [2.75, 3.05) is 6.54 Å². The standard InChI is InChI=1S/C20H21FN2O2/c1-2-10-23-18(24)12-15-7-3-4-9-17(15)19(23)20(25)22-13-14-6-5-8-16(21)11-14/h3-9,11,19H,2,10,12-13H2,1H3,(H,22,25)/t19-/m0/s1. The minimum Gasteiger partial charge on any atom is -0.350 e. The lowest BCUT2D eigenvalue weighted by Crippen LogP contribution is -2.47. The third kappa shape index (κ3) is 3.71. The van der Waals surface area contributed by atoms with Gasteiger partial charge in [0, 0.05) is 13.1 Å². The Labute approximate surface area is 146 Å². The molecule has 4 nitrogen and oxygen atoms in total. The van der Waals surface area contributed by atoms with Crippen molar-refractivity contribution in [3.05, 3.63) is 71.0 Å². The number of benzene rings is 2. The van der Waals surface area contributed by atoms with Gasteiger partial charge in [-0.05, 0) is 35.2 Å². The quantitative estimate of drug-likeness (QED) is 0.910. The van der Waals surface area contributed by atoms with E-state index in [1.807, 2.05) is 31.2 Å². The number of fused-ring (bicyclic) bond motifs is 1. The summed E-state index contributed by atoms with van der Waals surface area (Å²) in [6.45, 7) is 2.74. The summed E-state index contributed by atoms with van der Waals surface area (Å²) < 4.78 is 13.3. The first-order valence-corrected chi connectivity index (χ1v) is 8.49. The number of rotatable bonds is 5. The topological polar surface area (TPSA) is 49.4 Å². The Kier molecular flexibility index (Phi) is 5.12. The van der Waals surface area contributed by atoms with E-state index in [-0.39, 0.29) is 24.2 Å². The van der Waals surface area contributed by atoms with Crippen LogP contribution in [0.1, 0.15) is 36.1 Å². The maximum atomic E-state index is 13.3. The summed E-state index contributed by atoms with van der Waals surface area (Å²) in [6, 6.07) is 13.0. The van der Waals surface area contributed by atoms with Gasteiger partial charge in [0.15, 0.2) is 0 Å². The Morgan fingerprint density at radius 2 is 2.04 bits per heavy atom. The highest BCUT2D eigenvalue weighted by atomic mass is 19.1. The van der Waals surface area contributed by atoms with Gasteiger partial charge in [0.05, 0.1) is 6.42 Å². The Morgan fingerprint density at radius 1 is 1.24 bits per heavy atom. The average Bonchev–Trinajstić information content (AvgIpc) is 2.60. The first kappa shape index (κ1) is 17.1. The Bertz CT molecular complexity index is 791. The highest BCUT2D eigenvalue weighted by Gasteiger charge is 2.36. The van der Waals surface area contributed by atoms with Gasteiger partial charge in [-0.25, -0.2) is 4.39 Å². The third-order valence-corrected chi connectivity index (χ3v) is 4.39. The van der Waals surface area contributed by atoms with E-state index in [9.17, 15) is 14.0 Å². The lowest BCUT2D eigenvalue weighted by atomic mass is 9.91. The van der Waals surface area contributed by atoms with E-state index in [0.717, 1.165) is 17.5 Å². The first-order chi connectivity index (χ1) is 12.1. The van der Waals surface area contributed by atoms with Crippen molar-refractivity contribution >= 4 is 11.8 Å². The largest absolute Gasteiger partial charge is 0.350 e. The number of carbonyl (C=O) groups is 2. The van der Waals surface area contributed by atoms with E-state index >= 15 is 0 Å². The molecular weight excluding hydrogens is 319 g/mol. The molecule has 0 aromatic heterocycles. The second kappa shape index (κ2) is 7.47. The zero-order chi connectivity index (χ0) is 17.8. The molecule has 0 bridgehead atoms. The number of hydrogen-bond donors (Lipinski definition) is 1. The van der Waals surface area contributed by atoms with Gasteiger partial charge in [0.2, 0.25) is 11.8 Å². The number of nitrogens with one attached hydrogen (secondary N) is 1. The molecule has 0 saturated carbocycles. The molecule has 0 aliphatic carbocycles. The molecule has 2 amide bonds. The van der Waals surface area contributed by atoms with Crippen LogP contribution in [0.4, 0.5) is 4.39 Å². The maximum Gasteiger partial charge on any atom is 0.247 e. The van der Waals surface area contributed by atoms with Crippen molar-refractivity contribution in [2.24, 2.45) is 0 Å². The van der Waals surface area contributed by atoms with Gasteiger partial charge in [-0.3, -0.25) is 9.59 Å². The molecule has 0 saturated heterocycles. The molecule has 0 spiro atoms. The van der Waals surface area contributed by atoms with E-state index in [2.05, 4.69) is 5.32 Å². The molecule has 3 rings (SSSR count). The predicted molar refractivity (Wildman–Crippen MR) is 93.1 cm³/mol. The van der Waals surface area contributed by atoms with Gasteiger partial charge in [0.1, 0.15) is 11.9 Å². The SMILES string of the molecule is CCCN1C(=O)Cc2ccccc2[C@H]1C(=O)NCc1cccc(F)c1. The van der Waals surface area contributed by atoms with Gasteiger partial charge in [-0.2, -0.15) is 0 Å². The summed E-state index contributed by atoms with van der Waals surface area (Å²) >= 11 is 0. The van der Waals surface area contributed by atoms with E-state index in [1.54, 1.807) is 17.0 Å². The molecule has 1 aliphatic heterocycles. The fraction of sp³-hybridized carbons (Fsp3) is 0.300. The molecule has 1 N–H and O–H groups in total. The molecule has 2 aromatic carbocycles. The van der Waals surface area contributed by atoms with Crippen LogP contribution in [0, 0.1) is 5.82 Å². The highest BCUT2D eigenvalue weighted by Crippen LogP contribution is 2.30. The summed E-state index contributed by atoms with van der Waals surface area (Å²) in [7, 11) is 0. The minimum absolute atomic E-state index is 0.0357. The number of nitrogens with zero attached hydrogens (tertiary/aromatic N) is 1. The summed E-state index contributed by atoms with van der Waals surface area (Å²) in [4.78, 5) is 27.0. The van der Waals surface area contributed by atoms with Crippen LogP contribution in [-0.4, -0.2) is 23.3 Å². The van der Waals surface area contributed by atoms with Gasteiger partial charge < -0.3 is 10.2 Å². The fourth-order valence-electron chi connectivity index (χ4n) is 3.25. The van der Waals surface area contributed by atoms with Crippen LogP contribution in [0.15, 0.2) is 48.5 Å². The lowest BCUT2D eigenvalue weighted by Gasteiger charge is -2.36. The molecule has 1 atom stereocenters. The average molecular weight is 340 g/mol. The van der Waals surface area contributed by atoms with Gasteiger partial charge in [-0.15, -0.1) is 0 Å². The molecule has 0 fully saturated rings. The van der Waals surface area contributed by atoms with Crippen molar-refractivity contribution in [3.63, 3.8) is 0 Å². The smallest absolute Gasteiger partial charge is 0.247 e. The third-order valence-electron chi connectivity index (χ3n) is 4.39. The first-order valence-electron chi connectivity index (χ1n) is 8.49. The maximum absolute atomic E-state index is 13.3. The number of amides is 2. The van der Waals surface area contributed by atoms with E-state index in [0.29, 0.717) is 18.5 Å². The van der Waals surface area contributed by atoms with Crippen molar-refractivity contribution in [3.8, 4) is 0 Å². The van der Waals surface area contributed by atoms with Gasteiger partial charge in [-0.1, -0.05) is 43.3 Å². The number of carbonyl (C=O) groups excluding carboxylic acids is 2. The second-order valence-electron chi connectivity index (χ2n) is 6.21. The molecule has 1 heterocycles. The number of halogens is 1. The lowest BCUT2D eigenvalue weighted by molar-refractivity contribution is -0.141. The molecule has 0 radical (unpaired) electrons. The molecule has 0 unspecified atom stereocenters.